The highest BCUT2D eigenvalue weighted by atomic mass is 16.7. The third-order valence-corrected chi connectivity index (χ3v) is 19.4. The van der Waals surface area contributed by atoms with Gasteiger partial charge in [-0.15, -0.1) is 0 Å². The van der Waals surface area contributed by atoms with Crippen molar-refractivity contribution in [2.45, 2.75) is 448 Å². The van der Waals surface area contributed by atoms with E-state index in [1.165, 1.54) is 315 Å². The Morgan fingerprint density at radius 1 is 0.394 bits per heavy atom. The number of allylic oxidation sites excluding steroid dienone is 7. The number of aliphatic hydroxyl groups is 5. The Kier molecular flexibility index (Phi) is 68.5. The Bertz CT molecular complexity index is 1700. The van der Waals surface area contributed by atoms with Crippen molar-refractivity contribution in [3.63, 3.8) is 0 Å². The lowest BCUT2D eigenvalue weighted by Crippen LogP contribution is -2.60. The summed E-state index contributed by atoms with van der Waals surface area (Å²) in [5.74, 6) is -0.167. The lowest BCUT2D eigenvalue weighted by atomic mass is 9.99. The van der Waals surface area contributed by atoms with Gasteiger partial charge in [0.05, 0.1) is 32.0 Å². The van der Waals surface area contributed by atoms with E-state index in [-0.39, 0.29) is 18.5 Å². The predicted octanol–water partition coefficient (Wildman–Crippen LogP) is 22.3. The van der Waals surface area contributed by atoms with E-state index in [1.807, 2.05) is 6.08 Å². The topological polar surface area (TPSA) is 175 Å². The number of amides is 1. The highest BCUT2D eigenvalue weighted by Crippen LogP contribution is 2.24. The largest absolute Gasteiger partial charge is 0.466 e. The molecule has 1 aliphatic heterocycles. The van der Waals surface area contributed by atoms with Crippen molar-refractivity contribution in [2.75, 3.05) is 19.8 Å². The standard InChI is InChI=1S/C83H155NO10/c1-3-5-7-9-11-13-14-15-16-17-42-45-48-51-55-59-63-67-71-79(88)92-72-68-64-60-56-52-49-46-43-40-38-36-34-32-30-28-26-24-22-20-18-19-21-23-25-27-29-31-33-35-37-39-41-44-47-50-54-58-62-66-70-78(87)84-75(76(86)69-65-61-57-53-12-10-8-6-4-2)74-93-83-82(91)81(90)80(89)77(73-85)94-83/h16-19,22,24,65,69,75-77,80-83,85-86,89-91H,3-15,20-21,23,25-64,66-68,70-74H2,1-2H3,(H,84,87)/b17-16-,19-18-,24-22-,69-65+. The van der Waals surface area contributed by atoms with Crippen LogP contribution in [0.2, 0.25) is 0 Å². The van der Waals surface area contributed by atoms with Gasteiger partial charge in [0.15, 0.2) is 6.29 Å². The van der Waals surface area contributed by atoms with Gasteiger partial charge >= 0.3 is 5.97 Å². The molecule has 1 aliphatic rings. The first-order chi connectivity index (χ1) is 46.2. The van der Waals surface area contributed by atoms with E-state index in [0.29, 0.717) is 19.4 Å². The number of unbranched alkanes of at least 4 members (excludes halogenated alkanes) is 53. The summed E-state index contributed by atoms with van der Waals surface area (Å²) in [5.41, 5.74) is 0. The lowest BCUT2D eigenvalue weighted by Gasteiger charge is -2.40. The number of rotatable bonds is 73. The Labute approximate surface area is 580 Å². The molecule has 1 amide bonds. The molecule has 1 saturated heterocycles. The van der Waals surface area contributed by atoms with Crippen molar-refractivity contribution in [3.8, 4) is 0 Å². The van der Waals surface area contributed by atoms with Crippen LogP contribution >= 0.6 is 0 Å². The second kappa shape index (κ2) is 71.9. The van der Waals surface area contributed by atoms with E-state index in [2.05, 4.69) is 55.6 Å². The summed E-state index contributed by atoms with van der Waals surface area (Å²) in [5, 5.41) is 54.4. The van der Waals surface area contributed by atoms with Gasteiger partial charge in [-0.1, -0.05) is 351 Å². The predicted molar refractivity (Wildman–Crippen MR) is 398 cm³/mol. The number of carbonyl (C=O) groups excluding carboxylic acids is 2. The summed E-state index contributed by atoms with van der Waals surface area (Å²) in [6.45, 7) is 4.36. The minimum atomic E-state index is -1.57. The third-order valence-electron chi connectivity index (χ3n) is 19.4. The molecule has 552 valence electrons. The summed E-state index contributed by atoms with van der Waals surface area (Å²) in [7, 11) is 0. The van der Waals surface area contributed by atoms with Crippen LogP contribution in [0.5, 0.6) is 0 Å². The molecule has 0 spiro atoms. The molecule has 7 unspecified atom stereocenters. The van der Waals surface area contributed by atoms with Gasteiger partial charge < -0.3 is 45.1 Å². The average Bonchev–Trinajstić information content (AvgIpc) is 0.848. The summed E-state index contributed by atoms with van der Waals surface area (Å²) < 4.78 is 16.7. The quantitative estimate of drug-likeness (QED) is 0.0195. The van der Waals surface area contributed by atoms with Crippen LogP contribution in [0.3, 0.4) is 0 Å². The maximum Gasteiger partial charge on any atom is 0.305 e. The average molecular weight is 1330 g/mol. The van der Waals surface area contributed by atoms with E-state index in [9.17, 15) is 35.1 Å². The molecular weight excluding hydrogens is 1170 g/mol. The molecule has 1 fully saturated rings. The fourth-order valence-corrected chi connectivity index (χ4v) is 13.0. The summed E-state index contributed by atoms with van der Waals surface area (Å²) in [6.07, 6.45) is 86.0. The molecule has 0 aromatic rings. The van der Waals surface area contributed by atoms with E-state index in [0.717, 1.165) is 64.2 Å². The second-order valence-corrected chi connectivity index (χ2v) is 28.5. The lowest BCUT2D eigenvalue weighted by molar-refractivity contribution is -0.302. The maximum atomic E-state index is 13.0. The minimum Gasteiger partial charge on any atom is -0.466 e. The first-order valence-corrected chi connectivity index (χ1v) is 40.9. The van der Waals surface area contributed by atoms with Gasteiger partial charge in [-0.3, -0.25) is 9.59 Å². The molecule has 0 aromatic carbocycles. The molecule has 0 aliphatic carbocycles. The van der Waals surface area contributed by atoms with Crippen LogP contribution in [0.25, 0.3) is 0 Å². The van der Waals surface area contributed by atoms with Gasteiger partial charge in [-0.25, -0.2) is 0 Å². The number of aliphatic hydroxyl groups excluding tert-OH is 5. The normalized spacial score (nSPS) is 17.6. The number of carbonyl (C=O) groups is 2. The zero-order valence-electron chi connectivity index (χ0n) is 61.7. The summed E-state index contributed by atoms with van der Waals surface area (Å²) in [4.78, 5) is 25.2. The monoisotopic (exact) mass is 1330 g/mol. The fraction of sp³-hybridized carbons (Fsp3) is 0.880. The van der Waals surface area contributed by atoms with Crippen molar-refractivity contribution < 1.29 is 49.3 Å². The smallest absolute Gasteiger partial charge is 0.305 e. The van der Waals surface area contributed by atoms with Crippen molar-refractivity contribution in [2.24, 2.45) is 0 Å². The van der Waals surface area contributed by atoms with Gasteiger partial charge in [0.2, 0.25) is 5.91 Å². The molecule has 0 saturated carbocycles. The first-order valence-electron chi connectivity index (χ1n) is 40.9. The van der Waals surface area contributed by atoms with E-state index < -0.39 is 49.5 Å². The number of nitrogens with one attached hydrogen (secondary N) is 1. The Morgan fingerprint density at radius 2 is 0.713 bits per heavy atom. The zero-order chi connectivity index (χ0) is 67.9. The van der Waals surface area contributed by atoms with Gasteiger partial charge in [0.1, 0.15) is 24.4 Å². The molecule has 11 nitrogen and oxygen atoms in total. The van der Waals surface area contributed by atoms with E-state index in [4.69, 9.17) is 14.2 Å². The molecule has 1 rings (SSSR count). The van der Waals surface area contributed by atoms with Crippen molar-refractivity contribution in [1.82, 2.24) is 5.32 Å². The van der Waals surface area contributed by atoms with E-state index >= 15 is 0 Å². The minimum absolute atomic E-state index is 0.0122. The van der Waals surface area contributed by atoms with Crippen LogP contribution < -0.4 is 5.32 Å². The number of esters is 1. The van der Waals surface area contributed by atoms with Crippen LogP contribution in [0.1, 0.15) is 406 Å². The van der Waals surface area contributed by atoms with Crippen molar-refractivity contribution in [1.29, 1.82) is 0 Å². The van der Waals surface area contributed by atoms with Gasteiger partial charge in [0.25, 0.3) is 0 Å². The summed E-state index contributed by atoms with van der Waals surface area (Å²) >= 11 is 0. The van der Waals surface area contributed by atoms with Crippen LogP contribution in [0, 0.1) is 0 Å². The Morgan fingerprint density at radius 3 is 1.09 bits per heavy atom. The van der Waals surface area contributed by atoms with E-state index in [1.54, 1.807) is 6.08 Å². The molecule has 1 heterocycles. The van der Waals surface area contributed by atoms with Gasteiger partial charge in [-0.05, 0) is 89.9 Å². The molecule has 0 radical (unpaired) electrons. The fourth-order valence-electron chi connectivity index (χ4n) is 13.0. The third kappa shape index (κ3) is 59.7. The molecule has 7 atom stereocenters. The van der Waals surface area contributed by atoms with Crippen LogP contribution in [0.15, 0.2) is 48.6 Å². The summed E-state index contributed by atoms with van der Waals surface area (Å²) in [6, 6.07) is -0.807. The van der Waals surface area contributed by atoms with Crippen molar-refractivity contribution in [3.05, 3.63) is 48.6 Å². The van der Waals surface area contributed by atoms with Crippen LogP contribution in [-0.2, 0) is 23.8 Å². The Balaban J connectivity index is 1.85. The van der Waals surface area contributed by atoms with Gasteiger partial charge in [0, 0.05) is 12.8 Å². The molecule has 0 aromatic heterocycles. The maximum absolute atomic E-state index is 13.0. The van der Waals surface area contributed by atoms with Crippen molar-refractivity contribution >= 4 is 11.9 Å². The molecular formula is C83H155NO10. The SMILES string of the molecule is CCCCCCCCC/C=C\CCCCCCCCCC(=O)OCCCCCCCCCCCCCCCCC/C=C\C/C=C\CCCCCCCCCCCCCCCCCCCC(=O)NC(COC1OC(CO)C(O)C(O)C1O)C(O)/C=C/CCCCCCCCC. The number of ether oxygens (including phenoxy) is 3. The first kappa shape index (κ1) is 89.6. The molecule has 11 heteroatoms. The number of hydrogen-bond acceptors (Lipinski definition) is 10. The highest BCUT2D eigenvalue weighted by molar-refractivity contribution is 5.76. The molecule has 6 N–H and O–H groups in total. The van der Waals surface area contributed by atoms with Gasteiger partial charge in [-0.2, -0.15) is 0 Å². The molecule has 94 heavy (non-hydrogen) atoms. The number of hydrogen-bond donors (Lipinski definition) is 6. The van der Waals surface area contributed by atoms with Crippen LogP contribution in [0.4, 0.5) is 0 Å². The zero-order valence-corrected chi connectivity index (χ0v) is 61.7. The molecule has 0 bridgehead atoms. The van der Waals surface area contributed by atoms with Crippen LogP contribution in [-0.4, -0.2) is 100 Å². The Hall–Kier alpha value is -2.38. The second-order valence-electron chi connectivity index (χ2n) is 28.5. The highest BCUT2D eigenvalue weighted by Gasteiger charge is 2.44.